The summed E-state index contributed by atoms with van der Waals surface area (Å²) >= 11 is 0. The maximum absolute atomic E-state index is 13.6. The fourth-order valence-corrected chi connectivity index (χ4v) is 7.92. The van der Waals surface area contributed by atoms with Crippen molar-refractivity contribution in [2.45, 2.75) is 69.4 Å². The number of carbonyl (C=O) groups excluding carboxylic acids is 1. The molecule has 1 aromatic carbocycles. The molecule has 0 atom stereocenters. The third-order valence-corrected chi connectivity index (χ3v) is 11.5. The van der Waals surface area contributed by atoms with Crippen LogP contribution in [0.5, 0.6) is 0 Å². The van der Waals surface area contributed by atoms with Crippen LogP contribution in [-0.2, 0) is 38.5 Å². The summed E-state index contributed by atoms with van der Waals surface area (Å²) in [5.74, 6) is 0.176. The Labute approximate surface area is 318 Å². The maximum Gasteiger partial charge on any atom is 0.332 e. The number of aromatic nitrogens is 4. The van der Waals surface area contributed by atoms with Crippen molar-refractivity contribution < 1.29 is 42.0 Å². The average Bonchev–Trinajstić information content (AvgIpc) is 3.56. The van der Waals surface area contributed by atoms with E-state index in [1.807, 2.05) is 16.8 Å². The van der Waals surface area contributed by atoms with Gasteiger partial charge in [0, 0.05) is 51.0 Å². The first-order valence-corrected chi connectivity index (χ1v) is 20.7. The van der Waals surface area contributed by atoms with Crippen molar-refractivity contribution in [1.29, 1.82) is 0 Å². The lowest BCUT2D eigenvalue weighted by Crippen LogP contribution is -2.49. The van der Waals surface area contributed by atoms with Crippen LogP contribution in [-0.4, -0.2) is 153 Å². The normalized spacial score (nSPS) is 18.6. The molecule has 2 aliphatic rings. The zero-order valence-corrected chi connectivity index (χ0v) is 32.5. The van der Waals surface area contributed by atoms with E-state index in [9.17, 15) is 18.3 Å². The Morgan fingerprint density at radius 2 is 1.54 bits per heavy atom. The molecule has 17 heteroatoms. The van der Waals surface area contributed by atoms with Crippen molar-refractivity contribution in [3.63, 3.8) is 0 Å². The molecule has 54 heavy (non-hydrogen) atoms. The highest BCUT2D eigenvalue weighted by atomic mass is 32.2. The van der Waals surface area contributed by atoms with Crippen molar-refractivity contribution in [1.82, 2.24) is 29.0 Å². The van der Waals surface area contributed by atoms with E-state index in [0.717, 1.165) is 61.7 Å². The second-order valence-electron chi connectivity index (χ2n) is 13.4. The van der Waals surface area contributed by atoms with Gasteiger partial charge in [-0.25, -0.2) is 22.9 Å². The van der Waals surface area contributed by atoms with E-state index in [1.165, 1.54) is 0 Å². The van der Waals surface area contributed by atoms with E-state index >= 15 is 0 Å². The van der Waals surface area contributed by atoms with Gasteiger partial charge in [-0.05, 0) is 51.2 Å². The number of carbonyl (C=O) groups is 1. The molecule has 2 aromatic heterocycles. The minimum atomic E-state index is -3.67. The molecule has 1 saturated carbocycles. The number of aliphatic hydroxyl groups is 1. The quantitative estimate of drug-likeness (QED) is 0.106. The van der Waals surface area contributed by atoms with E-state index in [4.69, 9.17) is 33.8 Å². The van der Waals surface area contributed by atoms with Crippen molar-refractivity contribution in [3.8, 4) is 11.3 Å². The number of ether oxygens (including phenoxy) is 5. The zero-order valence-electron chi connectivity index (χ0n) is 31.7. The molecule has 0 bridgehead atoms. The fraction of sp³-hybridized carbons (Fsp3) is 0.676. The Balaban J connectivity index is 1.05. The van der Waals surface area contributed by atoms with Gasteiger partial charge in [-0.3, -0.25) is 4.90 Å². The number of nitrogens with zero attached hydrogens (tertiary/aromatic N) is 6. The van der Waals surface area contributed by atoms with Crippen LogP contribution in [0, 0.1) is 0 Å². The lowest BCUT2D eigenvalue weighted by atomic mass is 9.93. The molecular formula is C37H57N7O9S. The van der Waals surface area contributed by atoms with Gasteiger partial charge in [-0.2, -0.15) is 14.4 Å². The van der Waals surface area contributed by atoms with Gasteiger partial charge in [0.2, 0.25) is 16.0 Å². The molecule has 2 N–H and O–H groups in total. The van der Waals surface area contributed by atoms with Gasteiger partial charge in [-0.15, -0.1) is 0 Å². The van der Waals surface area contributed by atoms with Gasteiger partial charge < -0.3 is 34.1 Å². The van der Waals surface area contributed by atoms with Crippen molar-refractivity contribution in [3.05, 3.63) is 30.5 Å². The lowest BCUT2D eigenvalue weighted by molar-refractivity contribution is -0.149. The molecule has 3 aromatic rings. The Morgan fingerprint density at radius 1 is 0.889 bits per heavy atom. The standard InChI is InChI=1S/C37H57N7O9S/c1-3-5-14-38-37-39-27-33-35(41-44(36(33)40-37)30-8-10-31(45)11-9-30)29-6-12-32(13-7-29)54(47,48)43-17-15-42(16-18-43)19-20-49-21-22-50-23-24-51-25-26-52-28-34(46)53-4-2/h6-7,12-13,27,30-31,45H,3-5,8-11,14-26,28H2,1-2H3,(H,38,39,40)/t30-,31-. The highest BCUT2D eigenvalue weighted by molar-refractivity contribution is 7.89. The number of sulfonamides is 1. The summed E-state index contributed by atoms with van der Waals surface area (Å²) in [6, 6.07) is 7.06. The van der Waals surface area contributed by atoms with E-state index in [-0.39, 0.29) is 29.6 Å². The largest absolute Gasteiger partial charge is 0.464 e. The second-order valence-corrected chi connectivity index (χ2v) is 15.4. The molecule has 2 fully saturated rings. The molecular weight excluding hydrogens is 719 g/mol. The summed E-state index contributed by atoms with van der Waals surface area (Å²) in [6.07, 6.45) is 6.65. The highest BCUT2D eigenvalue weighted by Crippen LogP contribution is 2.35. The predicted molar refractivity (Wildman–Crippen MR) is 203 cm³/mol. The van der Waals surface area contributed by atoms with Crippen molar-refractivity contribution >= 4 is 33.0 Å². The summed E-state index contributed by atoms with van der Waals surface area (Å²) in [5, 5.41) is 19.2. The SMILES string of the molecule is CCCCNc1ncc2c(-c3ccc(S(=O)(=O)N4CCN(CCOCCOCCOCCOCC(=O)OCC)CC4)cc3)nn([C@H]3CC[C@H](O)CC3)c2n1. The average molecular weight is 776 g/mol. The third kappa shape index (κ3) is 12.1. The van der Waals surface area contributed by atoms with Gasteiger partial charge in [0.15, 0.2) is 5.65 Å². The first kappa shape index (κ1) is 41.9. The first-order valence-electron chi connectivity index (χ1n) is 19.3. The number of unbranched alkanes of at least 4 members (excludes halogenated alkanes) is 1. The Hall–Kier alpha value is -3.29. The Kier molecular flexibility index (Phi) is 16.8. The second kappa shape index (κ2) is 21.7. The maximum atomic E-state index is 13.6. The number of esters is 1. The molecule has 0 unspecified atom stereocenters. The predicted octanol–water partition coefficient (Wildman–Crippen LogP) is 3.12. The number of rotatable bonds is 23. The number of aliphatic hydroxyl groups excluding tert-OH is 1. The Bertz CT molecular complexity index is 1680. The van der Waals surface area contributed by atoms with Crippen LogP contribution >= 0.6 is 0 Å². The van der Waals surface area contributed by atoms with Gasteiger partial charge >= 0.3 is 5.97 Å². The molecule has 0 spiro atoms. The summed E-state index contributed by atoms with van der Waals surface area (Å²) in [7, 11) is -3.67. The van der Waals surface area contributed by atoms with Crippen LogP contribution in [0.3, 0.4) is 0 Å². The van der Waals surface area contributed by atoms with Gasteiger partial charge in [0.1, 0.15) is 12.3 Å². The first-order chi connectivity index (χ1) is 26.3. The topological polar surface area (TPSA) is 180 Å². The van der Waals surface area contributed by atoms with Crippen LogP contribution in [0.4, 0.5) is 5.95 Å². The van der Waals surface area contributed by atoms with E-state index in [2.05, 4.69) is 22.1 Å². The molecule has 0 radical (unpaired) electrons. The molecule has 0 amide bonds. The van der Waals surface area contributed by atoms with Crippen molar-refractivity contribution in [2.75, 3.05) is 104 Å². The van der Waals surface area contributed by atoms with Crippen LogP contribution in [0.15, 0.2) is 35.4 Å². The molecule has 1 aliphatic carbocycles. The molecule has 5 rings (SSSR count). The lowest BCUT2D eigenvalue weighted by Gasteiger charge is -2.33. The van der Waals surface area contributed by atoms with Crippen LogP contribution in [0.2, 0.25) is 0 Å². The van der Waals surface area contributed by atoms with Gasteiger partial charge in [0.05, 0.1) is 75.3 Å². The molecule has 300 valence electrons. The van der Waals surface area contributed by atoms with Crippen molar-refractivity contribution in [2.24, 2.45) is 0 Å². The number of benzene rings is 1. The molecule has 3 heterocycles. The minimum Gasteiger partial charge on any atom is -0.464 e. The molecule has 16 nitrogen and oxygen atoms in total. The fourth-order valence-electron chi connectivity index (χ4n) is 6.50. The summed E-state index contributed by atoms with van der Waals surface area (Å²) in [5.41, 5.74) is 2.24. The number of piperazine rings is 1. The number of anilines is 1. The Morgan fingerprint density at radius 3 is 2.19 bits per heavy atom. The molecule has 1 aliphatic heterocycles. The van der Waals surface area contributed by atoms with E-state index < -0.39 is 10.0 Å². The van der Waals surface area contributed by atoms with Crippen LogP contribution in [0.25, 0.3) is 22.3 Å². The number of nitrogens with one attached hydrogen (secondary N) is 1. The smallest absolute Gasteiger partial charge is 0.332 e. The van der Waals surface area contributed by atoms with Crippen LogP contribution < -0.4 is 5.32 Å². The number of hydrogen-bond acceptors (Lipinski definition) is 14. The zero-order chi connectivity index (χ0) is 38.2. The van der Waals surface area contributed by atoms with Crippen LogP contribution in [0.1, 0.15) is 58.4 Å². The number of hydrogen-bond donors (Lipinski definition) is 2. The van der Waals surface area contributed by atoms with Gasteiger partial charge in [0.25, 0.3) is 0 Å². The molecule has 1 saturated heterocycles. The van der Waals surface area contributed by atoms with E-state index in [0.29, 0.717) is 97.2 Å². The number of fused-ring (bicyclic) bond motifs is 1. The van der Waals surface area contributed by atoms with Gasteiger partial charge in [-0.1, -0.05) is 25.5 Å². The summed E-state index contributed by atoms with van der Waals surface area (Å²) in [4.78, 5) is 23.1. The van der Waals surface area contributed by atoms with E-state index in [1.54, 1.807) is 29.6 Å². The third-order valence-electron chi connectivity index (χ3n) is 9.56. The summed E-state index contributed by atoms with van der Waals surface area (Å²) in [6.45, 7) is 10.6. The monoisotopic (exact) mass is 775 g/mol. The highest BCUT2D eigenvalue weighted by Gasteiger charge is 2.29. The minimum absolute atomic E-state index is 0.0774. The summed E-state index contributed by atoms with van der Waals surface area (Å²) < 4.78 is 57.4.